The molecule has 2 unspecified atom stereocenters. The van der Waals surface area contributed by atoms with E-state index in [0.717, 1.165) is 13.0 Å². The van der Waals surface area contributed by atoms with Gasteiger partial charge in [0, 0.05) is 17.7 Å². The molecule has 0 aliphatic heterocycles. The van der Waals surface area contributed by atoms with E-state index in [-0.39, 0.29) is 23.4 Å². The van der Waals surface area contributed by atoms with E-state index in [1.807, 2.05) is 0 Å². The third-order valence-corrected chi connectivity index (χ3v) is 3.56. The van der Waals surface area contributed by atoms with Crippen LogP contribution in [-0.2, 0) is 4.74 Å². The molecule has 1 N–H and O–H groups in total. The van der Waals surface area contributed by atoms with Gasteiger partial charge < -0.3 is 10.1 Å². The standard InChI is InChI=1S/C16H25ClFNO/c1-6-9-19-14(15(20-5)16(2,3)4)12-8-7-11(17)10-13(12)18/h7-8,10,14-15,19H,6,9H2,1-5H3. The first-order valence-electron chi connectivity index (χ1n) is 7.02. The van der Waals surface area contributed by atoms with Crippen LogP contribution in [0.5, 0.6) is 0 Å². The van der Waals surface area contributed by atoms with E-state index in [4.69, 9.17) is 16.3 Å². The quantitative estimate of drug-likeness (QED) is 0.830. The largest absolute Gasteiger partial charge is 0.379 e. The van der Waals surface area contributed by atoms with Gasteiger partial charge in [-0.2, -0.15) is 0 Å². The summed E-state index contributed by atoms with van der Waals surface area (Å²) in [5.74, 6) is -0.294. The summed E-state index contributed by atoms with van der Waals surface area (Å²) < 4.78 is 19.9. The SMILES string of the molecule is CCCNC(c1ccc(Cl)cc1F)C(OC)C(C)(C)C. The van der Waals surface area contributed by atoms with Crippen molar-refractivity contribution >= 4 is 11.6 Å². The highest BCUT2D eigenvalue weighted by Gasteiger charge is 2.34. The van der Waals surface area contributed by atoms with Crippen LogP contribution in [0, 0.1) is 11.2 Å². The minimum atomic E-state index is -0.294. The Morgan fingerprint density at radius 2 is 2.00 bits per heavy atom. The Balaban J connectivity index is 3.16. The van der Waals surface area contributed by atoms with E-state index in [9.17, 15) is 4.39 Å². The first-order valence-corrected chi connectivity index (χ1v) is 7.40. The van der Waals surface area contributed by atoms with Crippen molar-refractivity contribution in [3.63, 3.8) is 0 Å². The first kappa shape index (κ1) is 17.4. The molecular formula is C16H25ClFNO. The summed E-state index contributed by atoms with van der Waals surface area (Å²) in [5.41, 5.74) is 0.497. The Labute approximate surface area is 126 Å². The molecule has 4 heteroatoms. The lowest BCUT2D eigenvalue weighted by Gasteiger charge is -2.37. The molecule has 2 nitrogen and oxygen atoms in total. The molecule has 1 aromatic rings. The molecule has 20 heavy (non-hydrogen) atoms. The van der Waals surface area contributed by atoms with E-state index < -0.39 is 0 Å². The average Bonchev–Trinajstić information content (AvgIpc) is 2.33. The molecule has 0 spiro atoms. The molecule has 0 aromatic heterocycles. The topological polar surface area (TPSA) is 21.3 Å². The normalized spacial score (nSPS) is 15.2. The fourth-order valence-corrected chi connectivity index (χ4v) is 2.58. The van der Waals surface area contributed by atoms with E-state index >= 15 is 0 Å². The molecule has 1 rings (SSSR count). The molecule has 0 aliphatic rings. The van der Waals surface area contributed by atoms with Crippen molar-refractivity contribution in [2.24, 2.45) is 5.41 Å². The van der Waals surface area contributed by atoms with Gasteiger partial charge in [0.25, 0.3) is 0 Å². The minimum absolute atomic E-state index is 0.105. The Kier molecular flexibility index (Phi) is 6.44. The van der Waals surface area contributed by atoms with E-state index in [0.29, 0.717) is 10.6 Å². The summed E-state index contributed by atoms with van der Waals surface area (Å²) in [4.78, 5) is 0. The Morgan fingerprint density at radius 3 is 2.45 bits per heavy atom. The maximum absolute atomic E-state index is 14.2. The molecule has 0 fully saturated rings. The van der Waals surface area contributed by atoms with Crippen molar-refractivity contribution in [1.29, 1.82) is 0 Å². The highest BCUT2D eigenvalue weighted by Crippen LogP contribution is 2.34. The second-order valence-corrected chi connectivity index (χ2v) is 6.56. The smallest absolute Gasteiger partial charge is 0.129 e. The van der Waals surface area contributed by atoms with E-state index in [1.165, 1.54) is 6.07 Å². The van der Waals surface area contributed by atoms with Gasteiger partial charge in [-0.3, -0.25) is 0 Å². The van der Waals surface area contributed by atoms with Crippen molar-refractivity contribution < 1.29 is 9.13 Å². The van der Waals surface area contributed by atoms with Crippen molar-refractivity contribution in [3.8, 4) is 0 Å². The van der Waals surface area contributed by atoms with Crippen molar-refractivity contribution in [3.05, 3.63) is 34.6 Å². The number of ether oxygens (including phenoxy) is 1. The van der Waals surface area contributed by atoms with Crippen LogP contribution < -0.4 is 5.32 Å². The van der Waals surface area contributed by atoms with Gasteiger partial charge in [0.05, 0.1) is 12.1 Å². The predicted molar refractivity (Wildman–Crippen MR) is 82.7 cm³/mol. The Bertz CT molecular complexity index is 431. The summed E-state index contributed by atoms with van der Waals surface area (Å²) in [6.45, 7) is 9.17. The fraction of sp³-hybridized carbons (Fsp3) is 0.625. The molecular weight excluding hydrogens is 277 g/mol. The predicted octanol–water partition coefficient (Wildman–Crippen LogP) is 4.58. The molecule has 0 saturated carbocycles. The molecule has 0 amide bonds. The Morgan fingerprint density at radius 1 is 1.35 bits per heavy atom. The zero-order chi connectivity index (χ0) is 15.3. The fourth-order valence-electron chi connectivity index (χ4n) is 2.42. The van der Waals surface area contributed by atoms with Gasteiger partial charge in [-0.1, -0.05) is 45.4 Å². The maximum atomic E-state index is 14.2. The second-order valence-electron chi connectivity index (χ2n) is 6.12. The molecule has 0 radical (unpaired) electrons. The number of nitrogens with one attached hydrogen (secondary N) is 1. The maximum Gasteiger partial charge on any atom is 0.129 e. The van der Waals surface area contributed by atoms with Crippen LogP contribution >= 0.6 is 11.6 Å². The lowest BCUT2D eigenvalue weighted by Crippen LogP contribution is -2.42. The zero-order valence-electron chi connectivity index (χ0n) is 13.0. The molecule has 0 saturated heterocycles. The van der Waals surface area contributed by atoms with Crippen LogP contribution in [0.15, 0.2) is 18.2 Å². The van der Waals surface area contributed by atoms with Crippen molar-refractivity contribution in [1.82, 2.24) is 5.32 Å². The number of rotatable bonds is 6. The molecule has 0 aliphatic carbocycles. The number of halogens is 2. The van der Waals surface area contributed by atoms with Crippen LogP contribution in [0.2, 0.25) is 5.02 Å². The second kappa shape index (κ2) is 7.39. The van der Waals surface area contributed by atoms with Gasteiger partial charge >= 0.3 is 0 Å². The highest BCUT2D eigenvalue weighted by molar-refractivity contribution is 6.30. The van der Waals surface area contributed by atoms with Crippen LogP contribution in [0.25, 0.3) is 0 Å². The number of benzene rings is 1. The number of hydrogen-bond donors (Lipinski definition) is 1. The summed E-state index contributed by atoms with van der Waals surface area (Å²) >= 11 is 5.84. The molecule has 0 bridgehead atoms. The van der Waals surface area contributed by atoms with Gasteiger partial charge in [0.15, 0.2) is 0 Å². The van der Waals surface area contributed by atoms with Gasteiger partial charge in [-0.05, 0) is 30.5 Å². The molecule has 2 atom stereocenters. The minimum Gasteiger partial charge on any atom is -0.379 e. The van der Waals surface area contributed by atoms with E-state index in [1.54, 1.807) is 19.2 Å². The monoisotopic (exact) mass is 301 g/mol. The van der Waals surface area contributed by atoms with Crippen LogP contribution in [0.1, 0.15) is 45.7 Å². The van der Waals surface area contributed by atoms with Gasteiger partial charge in [-0.15, -0.1) is 0 Å². The third kappa shape index (κ3) is 4.44. The summed E-state index contributed by atoms with van der Waals surface area (Å²) in [6, 6.07) is 4.61. The highest BCUT2D eigenvalue weighted by atomic mass is 35.5. The first-order chi connectivity index (χ1) is 9.31. The third-order valence-electron chi connectivity index (χ3n) is 3.32. The van der Waals surface area contributed by atoms with Crippen LogP contribution in [0.3, 0.4) is 0 Å². The lowest BCUT2D eigenvalue weighted by molar-refractivity contribution is -0.0127. The zero-order valence-corrected chi connectivity index (χ0v) is 13.7. The lowest BCUT2D eigenvalue weighted by atomic mass is 9.81. The average molecular weight is 302 g/mol. The van der Waals surface area contributed by atoms with Crippen molar-refractivity contribution in [2.75, 3.05) is 13.7 Å². The van der Waals surface area contributed by atoms with Gasteiger partial charge in [0.2, 0.25) is 0 Å². The van der Waals surface area contributed by atoms with Gasteiger partial charge in [-0.25, -0.2) is 4.39 Å². The number of hydrogen-bond acceptors (Lipinski definition) is 2. The van der Waals surface area contributed by atoms with Crippen LogP contribution in [-0.4, -0.2) is 19.8 Å². The molecule has 0 heterocycles. The molecule has 1 aromatic carbocycles. The summed E-state index contributed by atoms with van der Waals surface area (Å²) in [5, 5.41) is 3.80. The summed E-state index contributed by atoms with van der Waals surface area (Å²) in [6.07, 6.45) is 0.844. The van der Waals surface area contributed by atoms with Gasteiger partial charge in [0.1, 0.15) is 5.82 Å². The van der Waals surface area contributed by atoms with Crippen molar-refractivity contribution in [2.45, 2.75) is 46.3 Å². The summed E-state index contributed by atoms with van der Waals surface area (Å²) in [7, 11) is 1.67. The van der Waals surface area contributed by atoms with Crippen LogP contribution in [0.4, 0.5) is 4.39 Å². The van der Waals surface area contributed by atoms with E-state index in [2.05, 4.69) is 33.0 Å². The molecule has 114 valence electrons. The number of methoxy groups -OCH3 is 1. The Hall–Kier alpha value is -0.640.